The van der Waals surface area contributed by atoms with E-state index in [4.69, 9.17) is 22.4 Å². The van der Waals surface area contributed by atoms with Crippen molar-refractivity contribution in [1.82, 2.24) is 19.5 Å². The Balaban J connectivity index is 1.45. The molecule has 0 radical (unpaired) electrons. The number of rotatable bonds is 9. The first kappa shape index (κ1) is 33.4. The molecule has 5 rings (SSSR count). The molecular formula is C30H45N5O8Si2. The predicted octanol–water partition coefficient (Wildman–Crippen LogP) is 4.35. The van der Waals surface area contributed by atoms with Gasteiger partial charge in [0.1, 0.15) is 24.1 Å². The molecule has 4 atom stereocenters. The fraction of sp³-hybridized carbons (Fsp3) is 0.600. The summed E-state index contributed by atoms with van der Waals surface area (Å²) in [5, 5.41) is 14.3. The number of nitrogens with one attached hydrogen (secondary N) is 2. The van der Waals surface area contributed by atoms with Crippen LogP contribution in [0.1, 0.15) is 61.6 Å². The van der Waals surface area contributed by atoms with Gasteiger partial charge >= 0.3 is 17.1 Å². The summed E-state index contributed by atoms with van der Waals surface area (Å²) in [6, 6.07) is 8.90. The van der Waals surface area contributed by atoms with Crippen molar-refractivity contribution in [1.29, 1.82) is 0 Å². The van der Waals surface area contributed by atoms with Crippen LogP contribution in [0.2, 0.25) is 22.2 Å². The van der Waals surface area contributed by atoms with Crippen molar-refractivity contribution < 1.29 is 32.3 Å². The summed E-state index contributed by atoms with van der Waals surface area (Å²) >= 11 is 0. The van der Waals surface area contributed by atoms with Gasteiger partial charge in [0.15, 0.2) is 24.0 Å². The molecule has 45 heavy (non-hydrogen) atoms. The monoisotopic (exact) mass is 659 g/mol. The summed E-state index contributed by atoms with van der Waals surface area (Å²) in [7, 11) is -5.81. The Hall–Kier alpha value is -2.93. The second kappa shape index (κ2) is 13.1. The van der Waals surface area contributed by atoms with E-state index >= 15 is 0 Å². The highest BCUT2D eigenvalue weighted by Crippen LogP contribution is 2.48. The van der Waals surface area contributed by atoms with Gasteiger partial charge < -0.3 is 27.5 Å². The number of amides is 1. The molecule has 0 aliphatic carbocycles. The molecule has 13 nitrogen and oxygen atoms in total. The first-order valence-corrected chi connectivity index (χ1v) is 19.5. The van der Waals surface area contributed by atoms with Gasteiger partial charge in [-0.2, -0.15) is 4.98 Å². The average Bonchev–Trinajstić information content (AvgIpc) is 3.52. The van der Waals surface area contributed by atoms with Crippen LogP contribution in [-0.2, 0) is 22.5 Å². The lowest BCUT2D eigenvalue weighted by Crippen LogP contribution is -2.65. The lowest BCUT2D eigenvalue weighted by atomic mass is 10.1. The van der Waals surface area contributed by atoms with Crippen LogP contribution in [0.3, 0.4) is 0 Å². The Kier molecular flexibility index (Phi) is 9.70. The van der Waals surface area contributed by atoms with Crippen molar-refractivity contribution >= 4 is 40.1 Å². The Labute approximate surface area is 265 Å². The minimum absolute atomic E-state index is 0.0354. The van der Waals surface area contributed by atoms with E-state index < -0.39 is 53.1 Å². The summed E-state index contributed by atoms with van der Waals surface area (Å²) in [6.45, 7) is 16.9. The van der Waals surface area contributed by atoms with Crippen LogP contribution in [0, 0.1) is 0 Å². The minimum Gasteiger partial charge on any atom is -0.484 e. The van der Waals surface area contributed by atoms with Crippen molar-refractivity contribution in [3.05, 3.63) is 47.0 Å². The molecule has 0 saturated carbocycles. The van der Waals surface area contributed by atoms with Crippen LogP contribution in [0.15, 0.2) is 41.5 Å². The second-order valence-electron chi connectivity index (χ2n) is 13.0. The molecule has 3 N–H and O–H groups in total. The molecule has 246 valence electrons. The highest BCUT2D eigenvalue weighted by molar-refractivity contribution is 6.84. The number of imidazole rings is 1. The average molecular weight is 660 g/mol. The first-order valence-electron chi connectivity index (χ1n) is 15.6. The number of carbonyl (C=O) groups is 1. The maximum atomic E-state index is 12.9. The van der Waals surface area contributed by atoms with Gasteiger partial charge in [-0.25, -0.2) is 4.98 Å². The predicted molar refractivity (Wildman–Crippen MR) is 172 cm³/mol. The van der Waals surface area contributed by atoms with Crippen LogP contribution >= 0.6 is 0 Å². The van der Waals surface area contributed by atoms with E-state index in [1.54, 1.807) is 24.3 Å². The van der Waals surface area contributed by atoms with Crippen molar-refractivity contribution in [3.8, 4) is 5.75 Å². The summed E-state index contributed by atoms with van der Waals surface area (Å²) in [4.78, 5) is 36.8. The van der Waals surface area contributed by atoms with Gasteiger partial charge in [-0.3, -0.25) is 24.5 Å². The zero-order chi connectivity index (χ0) is 32.7. The Bertz CT molecular complexity index is 1530. The normalized spacial score (nSPS) is 24.6. The molecule has 2 aromatic heterocycles. The number of hydrogen-bond donors (Lipinski definition) is 3. The maximum Gasteiger partial charge on any atom is 0.335 e. The zero-order valence-electron chi connectivity index (χ0n) is 27.1. The summed E-state index contributed by atoms with van der Waals surface area (Å²) in [5.74, 6) is -0.0678. The number of aromatic amines is 1. The number of anilines is 1. The van der Waals surface area contributed by atoms with Crippen molar-refractivity contribution in [3.63, 3.8) is 0 Å². The molecule has 1 aromatic carbocycles. The standard InChI is InChI=1S/C30H45N5O8Si2/c1-17(2)44(18(3)4)40-14-22-26(42-45(43-44,19(5)6)20(7)8)25(37)29(41-22)35-16-31-24-27(35)33-30(34-28(24)38)32-23(36)15-39-21-12-10-9-11-13-21/h9-13,16-20,22,25-26,29,37H,14-15H2,1-8H3,(H2,32,33,34,36,38). The van der Waals surface area contributed by atoms with Crippen LogP contribution in [0.5, 0.6) is 5.75 Å². The number of H-pyrrole nitrogens is 1. The summed E-state index contributed by atoms with van der Waals surface area (Å²) in [5.41, 5.74) is 0.0729. The number of aliphatic hydroxyl groups excluding tert-OH is 1. The number of hydrogen-bond acceptors (Lipinski definition) is 10. The fourth-order valence-corrected chi connectivity index (χ4v) is 17.6. The summed E-state index contributed by atoms with van der Waals surface area (Å²) in [6.07, 6.45) is -2.07. The van der Waals surface area contributed by atoms with E-state index in [1.807, 2.05) is 6.07 Å². The number of aromatic nitrogens is 4. The summed E-state index contributed by atoms with van der Waals surface area (Å²) < 4.78 is 34.5. The second-order valence-corrected chi connectivity index (χ2v) is 21.8. The van der Waals surface area contributed by atoms with E-state index in [0.717, 1.165) is 0 Å². The number of fused-ring (bicyclic) bond motifs is 2. The van der Waals surface area contributed by atoms with Crippen molar-refractivity contribution in [2.45, 2.75) is 102 Å². The van der Waals surface area contributed by atoms with E-state index in [0.29, 0.717) is 5.75 Å². The third kappa shape index (κ3) is 6.26. The molecule has 2 fully saturated rings. The van der Waals surface area contributed by atoms with Crippen molar-refractivity contribution in [2.75, 3.05) is 18.5 Å². The number of aliphatic hydroxyl groups is 1. The van der Waals surface area contributed by atoms with E-state index in [9.17, 15) is 14.7 Å². The Morgan fingerprint density at radius 2 is 1.71 bits per heavy atom. The van der Waals surface area contributed by atoms with Gasteiger partial charge in [0, 0.05) is 0 Å². The molecule has 0 bridgehead atoms. The number of carbonyl (C=O) groups excluding carboxylic acids is 1. The molecule has 15 heteroatoms. The molecule has 4 unspecified atom stereocenters. The topological polar surface area (TPSA) is 159 Å². The van der Waals surface area contributed by atoms with Crippen molar-refractivity contribution in [2.24, 2.45) is 0 Å². The number of ether oxygens (including phenoxy) is 2. The Morgan fingerprint density at radius 3 is 2.33 bits per heavy atom. The number of para-hydroxylation sites is 1. The van der Waals surface area contributed by atoms with E-state index in [2.05, 4.69) is 75.7 Å². The maximum absolute atomic E-state index is 12.9. The van der Waals surface area contributed by atoms with Crippen LogP contribution < -0.4 is 15.6 Å². The lowest BCUT2D eigenvalue weighted by Gasteiger charge is -2.51. The van der Waals surface area contributed by atoms with E-state index in [-0.39, 0.29) is 52.5 Å². The fourth-order valence-electron chi connectivity index (χ4n) is 6.37. The van der Waals surface area contributed by atoms with Gasteiger partial charge in [-0.05, 0) is 34.3 Å². The third-order valence-electron chi connectivity index (χ3n) is 8.72. The minimum atomic E-state index is -3.00. The number of benzene rings is 1. The largest absolute Gasteiger partial charge is 0.484 e. The molecule has 4 heterocycles. The van der Waals surface area contributed by atoms with Gasteiger partial charge in [0.2, 0.25) is 5.95 Å². The van der Waals surface area contributed by atoms with Gasteiger partial charge in [-0.15, -0.1) is 0 Å². The van der Waals surface area contributed by atoms with Gasteiger partial charge in [0.25, 0.3) is 11.5 Å². The zero-order valence-corrected chi connectivity index (χ0v) is 29.1. The van der Waals surface area contributed by atoms with E-state index in [1.165, 1.54) is 10.9 Å². The highest BCUT2D eigenvalue weighted by atomic mass is 28.5. The SMILES string of the molecule is CC(C)[Si]1(C(C)C)OCC2OC(n3cnc4c(=O)[nH]c(NC(=O)COc5ccccc5)nc43)C(O)C2O[Si](C(C)C)(C(C)C)O1. The van der Waals surface area contributed by atoms with Crippen LogP contribution in [0.25, 0.3) is 11.2 Å². The first-order chi connectivity index (χ1) is 21.3. The van der Waals surface area contributed by atoms with Crippen LogP contribution in [0.4, 0.5) is 5.95 Å². The smallest absolute Gasteiger partial charge is 0.335 e. The molecule has 1 amide bonds. The number of nitrogens with zero attached hydrogens (tertiary/aromatic N) is 3. The lowest BCUT2D eigenvalue weighted by molar-refractivity contribution is -0.118. The highest BCUT2D eigenvalue weighted by Gasteiger charge is 2.61. The third-order valence-corrected chi connectivity index (χ3v) is 19.0. The van der Waals surface area contributed by atoms with Gasteiger partial charge in [-0.1, -0.05) is 73.6 Å². The van der Waals surface area contributed by atoms with Crippen LogP contribution in [-0.4, -0.2) is 79.2 Å². The molecule has 2 aliphatic rings. The Morgan fingerprint density at radius 1 is 1.07 bits per heavy atom. The molecule has 0 spiro atoms. The quantitative estimate of drug-likeness (QED) is 0.282. The molecule has 2 saturated heterocycles. The molecule has 2 aliphatic heterocycles. The molecular weight excluding hydrogens is 615 g/mol. The molecule has 3 aromatic rings. The van der Waals surface area contributed by atoms with Gasteiger partial charge in [0.05, 0.1) is 12.9 Å².